The average Bonchev–Trinajstić information content (AvgIpc) is 2.85. The summed E-state index contributed by atoms with van der Waals surface area (Å²) in [6.07, 6.45) is 6.18. The Morgan fingerprint density at radius 1 is 1.47 bits per heavy atom. The van der Waals surface area contributed by atoms with Crippen molar-refractivity contribution < 1.29 is 0 Å². The van der Waals surface area contributed by atoms with E-state index in [1.165, 1.54) is 25.9 Å². The lowest BCUT2D eigenvalue weighted by Crippen LogP contribution is -2.38. The maximum absolute atomic E-state index is 6.05. The van der Waals surface area contributed by atoms with E-state index in [2.05, 4.69) is 22.1 Å². The number of halogens is 1. The zero-order valence-corrected chi connectivity index (χ0v) is 11.1. The van der Waals surface area contributed by atoms with Crippen molar-refractivity contribution in [2.24, 2.45) is 0 Å². The van der Waals surface area contributed by atoms with Crippen molar-refractivity contribution in [1.82, 2.24) is 15.2 Å². The quantitative estimate of drug-likeness (QED) is 0.873. The summed E-state index contributed by atoms with van der Waals surface area (Å²) in [6.45, 7) is 6.61. The van der Waals surface area contributed by atoms with Crippen LogP contribution in [0.25, 0.3) is 0 Å². The number of rotatable bonds is 5. The van der Waals surface area contributed by atoms with Gasteiger partial charge < -0.3 is 5.32 Å². The molecule has 0 radical (unpaired) electrons. The molecule has 94 valence electrons. The molecule has 1 atom stereocenters. The number of hydrogen-bond acceptors (Lipinski definition) is 3. The molecule has 0 amide bonds. The third-order valence-electron chi connectivity index (χ3n) is 3.38. The molecular formula is C13H20ClN3. The highest BCUT2D eigenvalue weighted by Crippen LogP contribution is 2.13. The predicted octanol–water partition coefficient (Wildman–Crippen LogP) is 2.31. The smallest absolute Gasteiger partial charge is 0.0634 e. The van der Waals surface area contributed by atoms with Crippen LogP contribution in [-0.2, 0) is 6.54 Å². The maximum Gasteiger partial charge on any atom is 0.0634 e. The molecule has 2 heterocycles. The topological polar surface area (TPSA) is 28.2 Å². The Bertz CT molecular complexity index is 350. The first-order valence-electron chi connectivity index (χ1n) is 6.30. The highest BCUT2D eigenvalue weighted by molar-refractivity contribution is 6.31. The first-order valence-corrected chi connectivity index (χ1v) is 6.68. The van der Waals surface area contributed by atoms with Crippen molar-refractivity contribution in [2.45, 2.75) is 32.4 Å². The molecule has 4 heteroatoms. The Balaban J connectivity index is 1.74. The van der Waals surface area contributed by atoms with E-state index < -0.39 is 0 Å². The fourth-order valence-corrected chi connectivity index (χ4v) is 2.46. The van der Waals surface area contributed by atoms with Crippen LogP contribution < -0.4 is 5.32 Å². The molecule has 3 nitrogen and oxygen atoms in total. The summed E-state index contributed by atoms with van der Waals surface area (Å²) in [5.74, 6) is 0. The molecule has 2 rings (SSSR count). The number of hydrogen-bond donors (Lipinski definition) is 1. The molecule has 1 saturated heterocycles. The maximum atomic E-state index is 6.05. The van der Waals surface area contributed by atoms with E-state index in [1.807, 2.05) is 6.07 Å². The van der Waals surface area contributed by atoms with Gasteiger partial charge in [0.05, 0.1) is 5.02 Å². The molecule has 1 aromatic heterocycles. The molecule has 1 aliphatic heterocycles. The first kappa shape index (κ1) is 12.8. The van der Waals surface area contributed by atoms with Crippen LogP contribution in [0.1, 0.15) is 25.3 Å². The molecule has 1 unspecified atom stereocenters. The van der Waals surface area contributed by atoms with Crippen molar-refractivity contribution in [3.8, 4) is 0 Å². The van der Waals surface area contributed by atoms with Gasteiger partial charge >= 0.3 is 0 Å². The third-order valence-corrected chi connectivity index (χ3v) is 3.72. The van der Waals surface area contributed by atoms with Crippen LogP contribution in [0.5, 0.6) is 0 Å². The third kappa shape index (κ3) is 3.66. The lowest BCUT2D eigenvalue weighted by Gasteiger charge is -2.24. The molecule has 17 heavy (non-hydrogen) atoms. The van der Waals surface area contributed by atoms with Crippen molar-refractivity contribution in [3.05, 3.63) is 29.0 Å². The second kappa shape index (κ2) is 6.34. The van der Waals surface area contributed by atoms with Gasteiger partial charge in [0.25, 0.3) is 0 Å². The standard InChI is InChI=1S/C13H20ClN3/c1-11(17-6-2-3-7-17)8-16-9-12-4-5-15-10-13(12)14/h4-5,10-11,16H,2-3,6-9H2,1H3. The number of likely N-dealkylation sites (tertiary alicyclic amines) is 1. The number of nitrogens with one attached hydrogen (secondary N) is 1. The largest absolute Gasteiger partial charge is 0.311 e. The summed E-state index contributed by atoms with van der Waals surface area (Å²) in [4.78, 5) is 6.53. The molecule has 1 fully saturated rings. The van der Waals surface area contributed by atoms with Gasteiger partial charge in [-0.25, -0.2) is 0 Å². The SMILES string of the molecule is CC(CNCc1ccncc1Cl)N1CCCC1. The molecular weight excluding hydrogens is 234 g/mol. The monoisotopic (exact) mass is 253 g/mol. The van der Waals surface area contributed by atoms with E-state index in [0.29, 0.717) is 6.04 Å². The van der Waals surface area contributed by atoms with Crippen LogP contribution in [-0.4, -0.2) is 35.6 Å². The van der Waals surface area contributed by atoms with Gasteiger partial charge in [0.1, 0.15) is 0 Å². The van der Waals surface area contributed by atoms with Gasteiger partial charge in [0.2, 0.25) is 0 Å². The van der Waals surface area contributed by atoms with Crippen LogP contribution in [0.2, 0.25) is 5.02 Å². The second-order valence-corrected chi connectivity index (χ2v) is 5.10. The number of nitrogens with zero attached hydrogens (tertiary/aromatic N) is 2. The van der Waals surface area contributed by atoms with Gasteiger partial charge in [-0.1, -0.05) is 11.6 Å². The Morgan fingerprint density at radius 3 is 2.94 bits per heavy atom. The molecule has 0 saturated carbocycles. The number of pyridine rings is 1. The van der Waals surface area contributed by atoms with E-state index in [0.717, 1.165) is 23.7 Å². The first-order chi connectivity index (χ1) is 8.27. The zero-order chi connectivity index (χ0) is 12.1. The molecule has 0 aliphatic carbocycles. The fourth-order valence-electron chi connectivity index (χ4n) is 2.27. The Morgan fingerprint density at radius 2 is 2.24 bits per heavy atom. The van der Waals surface area contributed by atoms with Crippen LogP contribution in [0.4, 0.5) is 0 Å². The van der Waals surface area contributed by atoms with Gasteiger partial charge in [0, 0.05) is 31.5 Å². The van der Waals surface area contributed by atoms with Crippen LogP contribution in [0, 0.1) is 0 Å². The molecule has 0 spiro atoms. The normalized spacial score (nSPS) is 18.5. The van der Waals surface area contributed by atoms with Gasteiger partial charge in [-0.15, -0.1) is 0 Å². The van der Waals surface area contributed by atoms with E-state index in [4.69, 9.17) is 11.6 Å². The minimum absolute atomic E-state index is 0.609. The van der Waals surface area contributed by atoms with Crippen molar-refractivity contribution in [1.29, 1.82) is 0 Å². The fraction of sp³-hybridized carbons (Fsp3) is 0.615. The summed E-state index contributed by atoms with van der Waals surface area (Å²) >= 11 is 6.05. The van der Waals surface area contributed by atoms with Gasteiger partial charge in [0.15, 0.2) is 0 Å². The van der Waals surface area contributed by atoms with Crippen LogP contribution >= 0.6 is 11.6 Å². The molecule has 1 aromatic rings. The van der Waals surface area contributed by atoms with Gasteiger partial charge in [-0.05, 0) is 44.5 Å². The minimum Gasteiger partial charge on any atom is -0.311 e. The van der Waals surface area contributed by atoms with Gasteiger partial charge in [-0.2, -0.15) is 0 Å². The Labute approximate surface area is 108 Å². The molecule has 0 bridgehead atoms. The lowest BCUT2D eigenvalue weighted by molar-refractivity contribution is 0.251. The lowest BCUT2D eigenvalue weighted by atomic mass is 10.2. The van der Waals surface area contributed by atoms with Crippen molar-refractivity contribution >= 4 is 11.6 Å². The molecule has 1 aliphatic rings. The molecule has 1 N–H and O–H groups in total. The minimum atomic E-state index is 0.609. The Hall–Kier alpha value is -0.640. The van der Waals surface area contributed by atoms with Crippen LogP contribution in [0.3, 0.4) is 0 Å². The van der Waals surface area contributed by atoms with E-state index >= 15 is 0 Å². The van der Waals surface area contributed by atoms with Crippen molar-refractivity contribution in [2.75, 3.05) is 19.6 Å². The predicted molar refractivity (Wildman–Crippen MR) is 71.2 cm³/mol. The van der Waals surface area contributed by atoms with E-state index in [9.17, 15) is 0 Å². The highest BCUT2D eigenvalue weighted by atomic mass is 35.5. The summed E-state index contributed by atoms with van der Waals surface area (Å²) < 4.78 is 0. The van der Waals surface area contributed by atoms with Crippen LogP contribution in [0.15, 0.2) is 18.5 Å². The summed E-state index contributed by atoms with van der Waals surface area (Å²) in [5, 5.41) is 4.21. The van der Waals surface area contributed by atoms with Crippen molar-refractivity contribution in [3.63, 3.8) is 0 Å². The summed E-state index contributed by atoms with van der Waals surface area (Å²) in [7, 11) is 0. The van der Waals surface area contributed by atoms with E-state index in [-0.39, 0.29) is 0 Å². The summed E-state index contributed by atoms with van der Waals surface area (Å²) in [6, 6.07) is 2.58. The second-order valence-electron chi connectivity index (χ2n) is 4.69. The number of aromatic nitrogens is 1. The Kier molecular flexibility index (Phi) is 4.77. The molecule has 0 aromatic carbocycles. The highest BCUT2D eigenvalue weighted by Gasteiger charge is 2.17. The van der Waals surface area contributed by atoms with E-state index in [1.54, 1.807) is 12.4 Å². The summed E-state index contributed by atoms with van der Waals surface area (Å²) in [5.41, 5.74) is 1.12. The zero-order valence-electron chi connectivity index (χ0n) is 10.3. The van der Waals surface area contributed by atoms with Gasteiger partial charge in [-0.3, -0.25) is 9.88 Å². The average molecular weight is 254 g/mol.